The van der Waals surface area contributed by atoms with Gasteiger partial charge in [0.1, 0.15) is 10.8 Å². The van der Waals surface area contributed by atoms with Crippen molar-refractivity contribution in [3.8, 4) is 0 Å². The molecule has 0 saturated heterocycles. The van der Waals surface area contributed by atoms with Crippen LogP contribution in [0.4, 0.5) is 5.69 Å². The van der Waals surface area contributed by atoms with Gasteiger partial charge in [0.05, 0.1) is 0 Å². The molecule has 1 aromatic heterocycles. The maximum Gasteiger partial charge on any atom is 0.242 e. The number of nitrogens with one attached hydrogen (secondary N) is 1. The Morgan fingerprint density at radius 3 is 2.71 bits per heavy atom. The van der Waals surface area contributed by atoms with Gasteiger partial charge in [0.15, 0.2) is 4.34 Å². The van der Waals surface area contributed by atoms with Crippen LogP contribution in [0.3, 0.4) is 0 Å². The molecule has 1 amide bonds. The zero-order valence-corrected chi connectivity index (χ0v) is 15.2. The van der Waals surface area contributed by atoms with E-state index in [1.165, 1.54) is 23.1 Å². The van der Waals surface area contributed by atoms with Crippen molar-refractivity contribution in [1.82, 2.24) is 10.2 Å². The van der Waals surface area contributed by atoms with Gasteiger partial charge in [-0.15, -0.1) is 10.2 Å². The van der Waals surface area contributed by atoms with Crippen LogP contribution >= 0.6 is 34.7 Å². The number of benzene rings is 2. The topological polar surface area (TPSA) is 54.9 Å². The highest BCUT2D eigenvalue weighted by atomic mass is 35.5. The first kappa shape index (κ1) is 17.0. The van der Waals surface area contributed by atoms with Gasteiger partial charge in [-0.2, -0.15) is 0 Å². The van der Waals surface area contributed by atoms with E-state index >= 15 is 0 Å². The molecule has 2 aromatic carbocycles. The maximum absolute atomic E-state index is 12.8. The Balaban J connectivity index is 1.84. The number of rotatable bonds is 5. The Morgan fingerprint density at radius 2 is 2.04 bits per heavy atom. The second-order valence-corrected chi connectivity index (χ2v) is 7.66. The van der Waals surface area contributed by atoms with E-state index < -0.39 is 5.25 Å². The third-order valence-corrected chi connectivity index (χ3v) is 5.81. The lowest BCUT2D eigenvalue weighted by atomic mass is 10.1. The fraction of sp³-hybridized carbons (Fsp3) is 0.118. The summed E-state index contributed by atoms with van der Waals surface area (Å²) in [7, 11) is 0. The van der Waals surface area contributed by atoms with Crippen LogP contribution in [0.1, 0.15) is 16.4 Å². The Morgan fingerprint density at radius 1 is 1.25 bits per heavy atom. The molecule has 0 bridgehead atoms. The molecule has 0 aliphatic rings. The molecule has 0 aliphatic heterocycles. The van der Waals surface area contributed by atoms with E-state index in [1.54, 1.807) is 11.6 Å². The van der Waals surface area contributed by atoms with Gasteiger partial charge < -0.3 is 5.32 Å². The molecule has 4 nitrogen and oxygen atoms in total. The van der Waals surface area contributed by atoms with Crippen LogP contribution in [0.2, 0.25) is 5.02 Å². The average Bonchev–Trinajstić information content (AvgIpc) is 3.10. The molecule has 0 fully saturated rings. The highest BCUT2D eigenvalue weighted by Gasteiger charge is 2.23. The first-order valence-electron chi connectivity index (χ1n) is 7.18. The van der Waals surface area contributed by atoms with Crippen molar-refractivity contribution >= 4 is 46.3 Å². The molecule has 1 heterocycles. The van der Waals surface area contributed by atoms with Crippen LogP contribution in [0.25, 0.3) is 0 Å². The number of aryl methyl sites for hydroxylation is 1. The molecule has 24 heavy (non-hydrogen) atoms. The fourth-order valence-corrected chi connectivity index (χ4v) is 3.95. The van der Waals surface area contributed by atoms with Gasteiger partial charge >= 0.3 is 0 Å². The minimum atomic E-state index is -0.417. The normalized spacial score (nSPS) is 11.9. The third-order valence-electron chi connectivity index (χ3n) is 3.34. The summed E-state index contributed by atoms with van der Waals surface area (Å²) in [5.74, 6) is -0.124. The Bertz CT molecular complexity index is 825. The molecule has 1 atom stereocenters. The first-order chi connectivity index (χ1) is 11.6. The second kappa shape index (κ2) is 7.79. The molecular weight excluding hydrogens is 362 g/mol. The van der Waals surface area contributed by atoms with Crippen molar-refractivity contribution in [3.05, 3.63) is 70.2 Å². The quantitative estimate of drug-likeness (QED) is 0.639. The van der Waals surface area contributed by atoms with E-state index in [0.29, 0.717) is 10.7 Å². The molecular formula is C17H14ClN3OS2. The number of halogens is 1. The molecule has 3 aromatic rings. The van der Waals surface area contributed by atoms with Gasteiger partial charge in [0.25, 0.3) is 0 Å². The van der Waals surface area contributed by atoms with E-state index in [4.69, 9.17) is 11.6 Å². The van der Waals surface area contributed by atoms with E-state index in [9.17, 15) is 4.79 Å². The Kier molecular flexibility index (Phi) is 5.50. The van der Waals surface area contributed by atoms with E-state index in [0.717, 1.165) is 15.5 Å². The summed E-state index contributed by atoms with van der Waals surface area (Å²) in [6.45, 7) is 1.92. The third kappa shape index (κ3) is 4.14. The second-order valence-electron chi connectivity index (χ2n) is 5.07. The maximum atomic E-state index is 12.8. The molecule has 7 heteroatoms. The van der Waals surface area contributed by atoms with E-state index in [1.807, 2.05) is 49.4 Å². The van der Waals surface area contributed by atoms with E-state index in [2.05, 4.69) is 15.5 Å². The van der Waals surface area contributed by atoms with Crippen LogP contribution in [-0.4, -0.2) is 16.1 Å². The molecule has 3 rings (SSSR count). The smallest absolute Gasteiger partial charge is 0.242 e. The highest BCUT2D eigenvalue weighted by molar-refractivity contribution is 8.01. The summed E-state index contributed by atoms with van der Waals surface area (Å²) in [5.41, 5.74) is 4.21. The van der Waals surface area contributed by atoms with Crippen LogP contribution in [0.5, 0.6) is 0 Å². The zero-order chi connectivity index (χ0) is 16.9. The number of carbonyl (C=O) groups is 1. The largest absolute Gasteiger partial charge is 0.325 e. The summed E-state index contributed by atoms with van der Waals surface area (Å²) < 4.78 is 0.751. The van der Waals surface area contributed by atoms with Crippen LogP contribution < -0.4 is 5.32 Å². The molecule has 0 saturated carbocycles. The van der Waals surface area contributed by atoms with Gasteiger partial charge in [-0.05, 0) is 30.2 Å². The number of aromatic nitrogens is 2. The van der Waals surface area contributed by atoms with Gasteiger partial charge in [-0.1, -0.05) is 71.1 Å². The summed E-state index contributed by atoms with van der Waals surface area (Å²) in [5, 5.41) is 11.0. The summed E-state index contributed by atoms with van der Waals surface area (Å²) in [6, 6.07) is 15.1. The number of carbonyl (C=O) groups excluding carboxylic acids is 1. The van der Waals surface area contributed by atoms with Crippen LogP contribution in [0, 0.1) is 6.92 Å². The number of hydrogen-bond acceptors (Lipinski definition) is 5. The molecule has 0 unspecified atom stereocenters. The lowest BCUT2D eigenvalue weighted by molar-refractivity contribution is -0.115. The zero-order valence-electron chi connectivity index (χ0n) is 12.8. The number of nitrogens with zero attached hydrogens (tertiary/aromatic N) is 2. The summed E-state index contributed by atoms with van der Waals surface area (Å²) >= 11 is 8.93. The lowest BCUT2D eigenvalue weighted by Gasteiger charge is -2.16. The monoisotopic (exact) mass is 375 g/mol. The summed E-state index contributed by atoms with van der Waals surface area (Å²) in [4.78, 5) is 12.8. The minimum Gasteiger partial charge on any atom is -0.325 e. The Labute approximate surface area is 153 Å². The van der Waals surface area contributed by atoms with Crippen molar-refractivity contribution in [2.45, 2.75) is 16.5 Å². The van der Waals surface area contributed by atoms with Gasteiger partial charge in [0.2, 0.25) is 5.91 Å². The SMILES string of the molecule is Cc1ccc(NC(=O)[C@H](Sc2nncs2)c2ccccc2)cc1Cl. The van der Waals surface area contributed by atoms with Crippen molar-refractivity contribution in [2.24, 2.45) is 0 Å². The predicted molar refractivity (Wildman–Crippen MR) is 99.8 cm³/mol. The predicted octanol–water partition coefficient (Wildman–Crippen LogP) is 4.97. The number of amides is 1. The van der Waals surface area contributed by atoms with Gasteiger partial charge in [-0.3, -0.25) is 4.79 Å². The molecule has 0 radical (unpaired) electrons. The number of hydrogen-bond donors (Lipinski definition) is 1. The first-order valence-corrected chi connectivity index (χ1v) is 9.32. The van der Waals surface area contributed by atoms with Crippen LogP contribution in [-0.2, 0) is 4.79 Å². The standard InChI is InChI=1S/C17H14ClN3OS2/c1-11-7-8-13(9-14(11)18)20-16(22)15(12-5-3-2-4-6-12)24-17-21-19-10-23-17/h2-10,15H,1H3,(H,20,22)/t15-/m1/s1. The van der Waals surface area contributed by atoms with Crippen molar-refractivity contribution in [1.29, 1.82) is 0 Å². The number of anilines is 1. The minimum absolute atomic E-state index is 0.124. The average molecular weight is 376 g/mol. The van der Waals surface area contributed by atoms with Crippen molar-refractivity contribution in [2.75, 3.05) is 5.32 Å². The highest BCUT2D eigenvalue weighted by Crippen LogP contribution is 2.36. The van der Waals surface area contributed by atoms with E-state index in [-0.39, 0.29) is 5.91 Å². The number of thioether (sulfide) groups is 1. The van der Waals surface area contributed by atoms with Gasteiger partial charge in [0, 0.05) is 10.7 Å². The van der Waals surface area contributed by atoms with Gasteiger partial charge in [-0.25, -0.2) is 0 Å². The Hall–Kier alpha value is -1.89. The molecule has 0 aliphatic carbocycles. The fourth-order valence-electron chi connectivity index (χ4n) is 2.09. The molecule has 0 spiro atoms. The van der Waals surface area contributed by atoms with Crippen LogP contribution in [0.15, 0.2) is 58.4 Å². The molecule has 122 valence electrons. The lowest BCUT2D eigenvalue weighted by Crippen LogP contribution is -2.19. The van der Waals surface area contributed by atoms with Crippen molar-refractivity contribution < 1.29 is 4.79 Å². The van der Waals surface area contributed by atoms with Crippen molar-refractivity contribution in [3.63, 3.8) is 0 Å². The summed E-state index contributed by atoms with van der Waals surface area (Å²) in [6.07, 6.45) is 0. The molecule has 1 N–H and O–H groups in total.